The van der Waals surface area contributed by atoms with E-state index in [1.54, 1.807) is 0 Å². The topological polar surface area (TPSA) is 65.1 Å². The number of carbonyl (C=O) groups excluding carboxylic acids is 2. The van der Waals surface area contributed by atoms with Crippen molar-refractivity contribution in [3.63, 3.8) is 0 Å². The van der Waals surface area contributed by atoms with Crippen molar-refractivity contribution in [2.75, 3.05) is 32.7 Å². The minimum absolute atomic E-state index is 0.0466. The molecule has 0 amide bonds. The standard InChI is InChI=1S/C22H31NO3.C3H8O2/c1-4-17-13-16(9-10-20(17)23(2)3)11-12-22(18-7-5-6-8-18)15-19(24)14-21(25)26-22;1-3-5-4-2/h9-10,13,18H,4-8,11-12,14-15H2,1-3H3;3H2,1-2H3. The van der Waals surface area contributed by atoms with Crippen LogP contribution in [-0.2, 0) is 36.9 Å². The van der Waals surface area contributed by atoms with Gasteiger partial charge in [0.1, 0.15) is 17.8 Å². The Morgan fingerprint density at radius 3 is 2.39 bits per heavy atom. The zero-order valence-corrected chi connectivity index (χ0v) is 19.9. The van der Waals surface area contributed by atoms with Crippen molar-refractivity contribution in [2.45, 2.75) is 77.2 Å². The summed E-state index contributed by atoms with van der Waals surface area (Å²) in [5, 5.41) is 0. The lowest BCUT2D eigenvalue weighted by Crippen LogP contribution is -2.48. The molecule has 1 unspecified atom stereocenters. The number of hydrogen-bond acceptors (Lipinski definition) is 6. The van der Waals surface area contributed by atoms with Crippen LogP contribution in [0.2, 0.25) is 0 Å². The first-order chi connectivity index (χ1) is 14.8. The molecule has 0 radical (unpaired) electrons. The van der Waals surface area contributed by atoms with Crippen LogP contribution in [0.1, 0.15) is 69.9 Å². The Balaban J connectivity index is 0.000000614. The molecule has 174 valence electrons. The van der Waals surface area contributed by atoms with Gasteiger partial charge in [0.25, 0.3) is 0 Å². The summed E-state index contributed by atoms with van der Waals surface area (Å²) in [6.07, 6.45) is 7.43. The van der Waals surface area contributed by atoms with Crippen LogP contribution in [0.4, 0.5) is 5.69 Å². The molecule has 1 aromatic carbocycles. The van der Waals surface area contributed by atoms with E-state index in [0.29, 0.717) is 18.9 Å². The third kappa shape index (κ3) is 7.04. The van der Waals surface area contributed by atoms with Gasteiger partial charge in [0.2, 0.25) is 0 Å². The highest BCUT2D eigenvalue weighted by Gasteiger charge is 2.47. The predicted octanol–water partition coefficient (Wildman–Crippen LogP) is 4.67. The summed E-state index contributed by atoms with van der Waals surface area (Å²) in [7, 11) is 5.62. The molecule has 1 saturated heterocycles. The fourth-order valence-electron chi connectivity index (χ4n) is 4.87. The molecular weight excluding hydrogens is 394 g/mol. The summed E-state index contributed by atoms with van der Waals surface area (Å²) in [5.41, 5.74) is 3.27. The smallest absolute Gasteiger partial charge is 0.313 e. The van der Waals surface area contributed by atoms with E-state index in [4.69, 9.17) is 4.74 Å². The lowest BCUT2D eigenvalue weighted by molar-refractivity contribution is -0.268. The molecule has 0 N–H and O–H groups in total. The Hall–Kier alpha value is -1.92. The number of anilines is 1. The number of nitrogens with zero attached hydrogens (tertiary/aromatic N) is 1. The lowest BCUT2D eigenvalue weighted by atomic mass is 9.76. The first kappa shape index (κ1) is 25.3. The Morgan fingerprint density at radius 2 is 1.87 bits per heavy atom. The van der Waals surface area contributed by atoms with E-state index in [1.807, 2.05) is 6.92 Å². The molecular formula is C25H39NO5. The van der Waals surface area contributed by atoms with E-state index in [2.05, 4.69) is 53.9 Å². The Bertz CT molecular complexity index is 707. The molecule has 6 nitrogen and oxygen atoms in total. The molecule has 6 heteroatoms. The number of rotatable bonds is 8. The number of ketones is 1. The Labute approximate surface area is 187 Å². The number of esters is 1. The molecule has 1 aromatic rings. The first-order valence-electron chi connectivity index (χ1n) is 11.5. The normalized spacial score (nSPS) is 21.5. The van der Waals surface area contributed by atoms with Gasteiger partial charge >= 0.3 is 5.97 Å². The van der Waals surface area contributed by atoms with Gasteiger partial charge in [-0.3, -0.25) is 9.59 Å². The second-order valence-electron chi connectivity index (χ2n) is 8.70. The minimum atomic E-state index is -0.574. The van der Waals surface area contributed by atoms with Crippen molar-refractivity contribution < 1.29 is 24.1 Å². The molecule has 1 heterocycles. The zero-order chi connectivity index (χ0) is 22.9. The van der Waals surface area contributed by atoms with Crippen molar-refractivity contribution in [3.05, 3.63) is 29.3 Å². The molecule has 0 aromatic heterocycles. The third-order valence-electron chi connectivity index (χ3n) is 6.33. The van der Waals surface area contributed by atoms with Crippen LogP contribution in [0, 0.1) is 5.92 Å². The van der Waals surface area contributed by atoms with Crippen LogP contribution in [-0.4, -0.2) is 45.2 Å². The summed E-state index contributed by atoms with van der Waals surface area (Å²) in [5.74, 6) is 0.0538. The van der Waals surface area contributed by atoms with E-state index < -0.39 is 5.60 Å². The van der Waals surface area contributed by atoms with Gasteiger partial charge in [0.05, 0.1) is 13.7 Å². The molecule has 31 heavy (non-hydrogen) atoms. The number of cyclic esters (lactones) is 1. The largest absolute Gasteiger partial charge is 0.458 e. The van der Waals surface area contributed by atoms with Gasteiger partial charge in [-0.2, -0.15) is 0 Å². The summed E-state index contributed by atoms with van der Waals surface area (Å²) in [6.45, 7) is 4.66. The van der Waals surface area contributed by atoms with Gasteiger partial charge in [-0.1, -0.05) is 31.9 Å². The van der Waals surface area contributed by atoms with Gasteiger partial charge < -0.3 is 9.64 Å². The fraction of sp³-hybridized carbons (Fsp3) is 0.680. The van der Waals surface area contributed by atoms with E-state index >= 15 is 0 Å². The maximum atomic E-state index is 12.2. The summed E-state index contributed by atoms with van der Waals surface area (Å²) >= 11 is 0. The fourth-order valence-corrected chi connectivity index (χ4v) is 4.87. The number of Topliss-reactive ketones (excluding diaryl/α,β-unsaturated/α-hetero) is 1. The molecule has 1 atom stereocenters. The van der Waals surface area contributed by atoms with Gasteiger partial charge in [0, 0.05) is 26.2 Å². The highest BCUT2D eigenvalue weighted by Crippen LogP contribution is 2.44. The number of aryl methyl sites for hydroxylation is 2. The molecule has 2 fully saturated rings. The van der Waals surface area contributed by atoms with Crippen molar-refractivity contribution in [2.24, 2.45) is 5.92 Å². The summed E-state index contributed by atoms with van der Waals surface area (Å²) in [6, 6.07) is 6.61. The number of ether oxygens (including phenoxy) is 1. The van der Waals surface area contributed by atoms with Crippen molar-refractivity contribution in [3.8, 4) is 0 Å². The van der Waals surface area contributed by atoms with E-state index in [-0.39, 0.29) is 18.2 Å². The van der Waals surface area contributed by atoms with Crippen LogP contribution in [0.15, 0.2) is 18.2 Å². The second-order valence-corrected chi connectivity index (χ2v) is 8.70. The number of hydrogen-bond donors (Lipinski definition) is 0. The lowest BCUT2D eigenvalue weighted by Gasteiger charge is -2.41. The van der Waals surface area contributed by atoms with Crippen LogP contribution in [0.25, 0.3) is 0 Å². The Morgan fingerprint density at radius 1 is 1.16 bits per heavy atom. The van der Waals surface area contributed by atoms with Gasteiger partial charge in [-0.05, 0) is 62.1 Å². The number of carbonyl (C=O) groups is 2. The van der Waals surface area contributed by atoms with E-state index in [1.165, 1.54) is 36.8 Å². The van der Waals surface area contributed by atoms with Gasteiger partial charge in [-0.15, -0.1) is 0 Å². The molecule has 0 spiro atoms. The monoisotopic (exact) mass is 433 g/mol. The molecule has 1 saturated carbocycles. The van der Waals surface area contributed by atoms with Crippen molar-refractivity contribution >= 4 is 17.4 Å². The van der Waals surface area contributed by atoms with Crippen molar-refractivity contribution in [1.29, 1.82) is 0 Å². The summed E-state index contributed by atoms with van der Waals surface area (Å²) < 4.78 is 5.90. The Kier molecular flexibility index (Phi) is 9.97. The highest BCUT2D eigenvalue weighted by molar-refractivity contribution is 5.98. The van der Waals surface area contributed by atoms with Crippen LogP contribution in [0.3, 0.4) is 0 Å². The highest BCUT2D eigenvalue weighted by atomic mass is 17.2. The predicted molar refractivity (Wildman–Crippen MR) is 122 cm³/mol. The summed E-state index contributed by atoms with van der Waals surface area (Å²) in [4.78, 5) is 34.9. The molecule has 3 rings (SSSR count). The quantitative estimate of drug-likeness (QED) is 0.257. The van der Waals surface area contributed by atoms with Crippen LogP contribution >= 0.6 is 0 Å². The second kappa shape index (κ2) is 12.2. The maximum Gasteiger partial charge on any atom is 0.313 e. The number of benzene rings is 1. The maximum absolute atomic E-state index is 12.2. The first-order valence-corrected chi connectivity index (χ1v) is 11.5. The van der Waals surface area contributed by atoms with Gasteiger partial charge in [0.15, 0.2) is 0 Å². The van der Waals surface area contributed by atoms with E-state index in [9.17, 15) is 9.59 Å². The third-order valence-corrected chi connectivity index (χ3v) is 6.33. The molecule has 0 bridgehead atoms. The van der Waals surface area contributed by atoms with Crippen LogP contribution < -0.4 is 4.90 Å². The average molecular weight is 434 g/mol. The molecule has 1 aliphatic carbocycles. The van der Waals surface area contributed by atoms with E-state index in [0.717, 1.165) is 32.1 Å². The molecule has 1 aliphatic heterocycles. The van der Waals surface area contributed by atoms with Crippen LogP contribution in [0.5, 0.6) is 0 Å². The minimum Gasteiger partial charge on any atom is -0.458 e. The zero-order valence-electron chi connectivity index (χ0n) is 19.9. The average Bonchev–Trinajstić information content (AvgIpc) is 3.28. The molecule has 2 aliphatic rings. The SMILES string of the molecule is CCOOC.CCc1cc(CCC2(C3CCCC3)CC(=O)CC(=O)O2)ccc1N(C)C. The van der Waals surface area contributed by atoms with Gasteiger partial charge in [-0.25, -0.2) is 9.78 Å². The van der Waals surface area contributed by atoms with Crippen molar-refractivity contribution in [1.82, 2.24) is 0 Å².